The molecule has 0 unspecified atom stereocenters. The van der Waals surface area contributed by atoms with Crippen LogP contribution in [0.4, 0.5) is 5.69 Å². The van der Waals surface area contributed by atoms with Crippen molar-refractivity contribution >= 4 is 11.6 Å². The number of anilines is 1. The van der Waals surface area contributed by atoms with E-state index in [2.05, 4.69) is 5.32 Å². The molecule has 0 aromatic heterocycles. The average Bonchev–Trinajstić information content (AvgIpc) is 2.03. The maximum absolute atomic E-state index is 10.7. The highest BCUT2D eigenvalue weighted by molar-refractivity contribution is 5.96. The van der Waals surface area contributed by atoms with Crippen LogP contribution in [-0.4, -0.2) is 18.1 Å². The SMILES string of the molecule is CNc1ccc(C(N)=O)c(O)c1. The van der Waals surface area contributed by atoms with Crippen molar-refractivity contribution in [1.29, 1.82) is 0 Å². The first-order chi connectivity index (χ1) is 5.65. The summed E-state index contributed by atoms with van der Waals surface area (Å²) in [7, 11) is 1.72. The van der Waals surface area contributed by atoms with Crippen molar-refractivity contribution in [2.75, 3.05) is 12.4 Å². The Morgan fingerprint density at radius 2 is 2.25 bits per heavy atom. The molecule has 0 aliphatic rings. The fraction of sp³-hybridized carbons (Fsp3) is 0.125. The third kappa shape index (κ3) is 1.47. The van der Waals surface area contributed by atoms with E-state index in [0.29, 0.717) is 0 Å². The lowest BCUT2D eigenvalue weighted by Gasteiger charge is -2.03. The first kappa shape index (κ1) is 8.39. The molecule has 1 amide bonds. The molecule has 0 aliphatic heterocycles. The van der Waals surface area contributed by atoms with Crippen molar-refractivity contribution in [3.63, 3.8) is 0 Å². The molecular formula is C8H10N2O2. The van der Waals surface area contributed by atoms with Gasteiger partial charge in [-0.1, -0.05) is 0 Å². The van der Waals surface area contributed by atoms with Crippen LogP contribution in [0.2, 0.25) is 0 Å². The second kappa shape index (κ2) is 3.13. The molecule has 0 bridgehead atoms. The van der Waals surface area contributed by atoms with E-state index in [1.165, 1.54) is 12.1 Å². The van der Waals surface area contributed by atoms with Crippen LogP contribution in [0.3, 0.4) is 0 Å². The van der Waals surface area contributed by atoms with E-state index >= 15 is 0 Å². The van der Waals surface area contributed by atoms with Crippen LogP contribution in [0.25, 0.3) is 0 Å². The molecule has 1 aromatic rings. The minimum absolute atomic E-state index is 0.102. The fourth-order valence-corrected chi connectivity index (χ4v) is 0.896. The maximum atomic E-state index is 10.7. The fourth-order valence-electron chi connectivity index (χ4n) is 0.896. The smallest absolute Gasteiger partial charge is 0.252 e. The van der Waals surface area contributed by atoms with E-state index in [-0.39, 0.29) is 11.3 Å². The highest BCUT2D eigenvalue weighted by Crippen LogP contribution is 2.20. The lowest BCUT2D eigenvalue weighted by molar-refractivity contribution is 0.0998. The van der Waals surface area contributed by atoms with Crippen LogP contribution in [0, 0.1) is 0 Å². The Balaban J connectivity index is 3.12. The van der Waals surface area contributed by atoms with E-state index in [9.17, 15) is 9.90 Å². The highest BCUT2D eigenvalue weighted by atomic mass is 16.3. The number of primary amides is 1. The van der Waals surface area contributed by atoms with Gasteiger partial charge in [0.1, 0.15) is 5.75 Å². The molecule has 1 aromatic carbocycles. The number of rotatable bonds is 2. The quantitative estimate of drug-likeness (QED) is 0.600. The number of benzene rings is 1. The van der Waals surface area contributed by atoms with Crippen molar-refractivity contribution in [3.05, 3.63) is 23.8 Å². The van der Waals surface area contributed by atoms with E-state index in [0.717, 1.165) is 5.69 Å². The van der Waals surface area contributed by atoms with Gasteiger partial charge < -0.3 is 16.2 Å². The number of phenols is 1. The van der Waals surface area contributed by atoms with E-state index in [4.69, 9.17) is 5.73 Å². The molecule has 0 radical (unpaired) electrons. The standard InChI is InChI=1S/C8H10N2O2/c1-10-5-2-3-6(8(9)12)7(11)4-5/h2-4,10-11H,1H3,(H2,9,12). The summed E-state index contributed by atoms with van der Waals surface area (Å²) < 4.78 is 0. The summed E-state index contributed by atoms with van der Waals surface area (Å²) in [5, 5.41) is 12.1. The number of nitrogens with one attached hydrogen (secondary N) is 1. The molecule has 4 N–H and O–H groups in total. The van der Waals surface area contributed by atoms with Gasteiger partial charge in [0.2, 0.25) is 0 Å². The number of nitrogens with two attached hydrogens (primary N) is 1. The molecule has 4 heteroatoms. The number of aromatic hydroxyl groups is 1. The Bertz CT molecular complexity index is 310. The summed E-state index contributed by atoms with van der Waals surface area (Å²) in [6.45, 7) is 0. The zero-order valence-electron chi connectivity index (χ0n) is 6.66. The molecule has 0 aliphatic carbocycles. The highest BCUT2D eigenvalue weighted by Gasteiger charge is 2.06. The number of amides is 1. The predicted octanol–water partition coefficient (Wildman–Crippen LogP) is 0.533. The van der Waals surface area contributed by atoms with E-state index in [1.54, 1.807) is 13.1 Å². The van der Waals surface area contributed by atoms with Crippen molar-refractivity contribution in [2.45, 2.75) is 0 Å². The van der Waals surface area contributed by atoms with Gasteiger partial charge in [-0.15, -0.1) is 0 Å². The monoisotopic (exact) mass is 166 g/mol. The number of hydrogen-bond donors (Lipinski definition) is 3. The third-order valence-electron chi connectivity index (χ3n) is 1.55. The summed E-state index contributed by atoms with van der Waals surface area (Å²) in [6, 6.07) is 4.59. The summed E-state index contributed by atoms with van der Waals surface area (Å²) in [4.78, 5) is 10.7. The molecule has 0 saturated heterocycles. The van der Waals surface area contributed by atoms with Crippen LogP contribution in [0.15, 0.2) is 18.2 Å². The lowest BCUT2D eigenvalue weighted by Crippen LogP contribution is -2.10. The molecular weight excluding hydrogens is 156 g/mol. The van der Waals surface area contributed by atoms with Crippen molar-refractivity contribution < 1.29 is 9.90 Å². The minimum Gasteiger partial charge on any atom is -0.507 e. The molecule has 0 saturated carbocycles. The molecule has 12 heavy (non-hydrogen) atoms. The molecule has 0 spiro atoms. The van der Waals surface area contributed by atoms with Crippen molar-refractivity contribution in [2.24, 2.45) is 5.73 Å². The summed E-state index contributed by atoms with van der Waals surface area (Å²) >= 11 is 0. The van der Waals surface area contributed by atoms with Gasteiger partial charge in [-0.05, 0) is 12.1 Å². The first-order valence-corrected chi connectivity index (χ1v) is 3.45. The normalized spacial score (nSPS) is 9.42. The number of hydrogen-bond acceptors (Lipinski definition) is 3. The Morgan fingerprint density at radius 3 is 2.67 bits per heavy atom. The van der Waals surface area contributed by atoms with Gasteiger partial charge in [0.25, 0.3) is 5.91 Å². The van der Waals surface area contributed by atoms with E-state index in [1.807, 2.05) is 0 Å². The zero-order chi connectivity index (χ0) is 9.14. The molecule has 0 fully saturated rings. The number of carbonyl (C=O) groups excluding carboxylic acids is 1. The Morgan fingerprint density at radius 1 is 1.58 bits per heavy atom. The molecule has 64 valence electrons. The van der Waals surface area contributed by atoms with Gasteiger partial charge in [0.05, 0.1) is 5.56 Å². The molecule has 0 atom stereocenters. The Hall–Kier alpha value is -1.71. The van der Waals surface area contributed by atoms with Gasteiger partial charge >= 0.3 is 0 Å². The molecule has 1 rings (SSSR count). The van der Waals surface area contributed by atoms with Crippen LogP contribution in [0.5, 0.6) is 5.75 Å². The second-order valence-electron chi connectivity index (χ2n) is 2.35. The van der Waals surface area contributed by atoms with Gasteiger partial charge in [-0.25, -0.2) is 0 Å². The largest absolute Gasteiger partial charge is 0.507 e. The first-order valence-electron chi connectivity index (χ1n) is 3.45. The molecule has 0 heterocycles. The second-order valence-corrected chi connectivity index (χ2v) is 2.35. The van der Waals surface area contributed by atoms with Crippen LogP contribution in [0.1, 0.15) is 10.4 Å². The van der Waals surface area contributed by atoms with Gasteiger partial charge in [0.15, 0.2) is 0 Å². The Labute approximate surface area is 70.0 Å². The lowest BCUT2D eigenvalue weighted by atomic mass is 10.2. The molecule has 4 nitrogen and oxygen atoms in total. The summed E-state index contributed by atoms with van der Waals surface area (Å²) in [5.41, 5.74) is 5.85. The zero-order valence-corrected chi connectivity index (χ0v) is 6.66. The predicted molar refractivity (Wildman–Crippen MR) is 46.2 cm³/mol. The van der Waals surface area contributed by atoms with Gasteiger partial charge in [0, 0.05) is 18.8 Å². The number of carbonyl (C=O) groups is 1. The summed E-state index contributed by atoms with van der Waals surface area (Å²) in [5.74, 6) is -0.732. The van der Waals surface area contributed by atoms with E-state index < -0.39 is 5.91 Å². The van der Waals surface area contributed by atoms with Crippen LogP contribution < -0.4 is 11.1 Å². The third-order valence-corrected chi connectivity index (χ3v) is 1.55. The average molecular weight is 166 g/mol. The Kier molecular flexibility index (Phi) is 2.19. The van der Waals surface area contributed by atoms with Gasteiger partial charge in [-0.2, -0.15) is 0 Å². The topological polar surface area (TPSA) is 75.3 Å². The minimum atomic E-state index is -0.629. The van der Waals surface area contributed by atoms with Crippen molar-refractivity contribution in [3.8, 4) is 5.75 Å². The maximum Gasteiger partial charge on any atom is 0.252 e. The van der Waals surface area contributed by atoms with Crippen molar-refractivity contribution in [1.82, 2.24) is 0 Å². The van der Waals surface area contributed by atoms with Crippen LogP contribution >= 0.6 is 0 Å². The van der Waals surface area contributed by atoms with Gasteiger partial charge in [-0.3, -0.25) is 4.79 Å². The van der Waals surface area contributed by atoms with Crippen LogP contribution in [-0.2, 0) is 0 Å². The summed E-state index contributed by atoms with van der Waals surface area (Å²) in [6.07, 6.45) is 0.